The second-order valence-electron chi connectivity index (χ2n) is 5.59. The summed E-state index contributed by atoms with van der Waals surface area (Å²) in [5, 5.41) is 22.7. The molecule has 0 aliphatic rings. The fourth-order valence-corrected chi connectivity index (χ4v) is 3.37. The highest BCUT2D eigenvalue weighted by molar-refractivity contribution is 7.99. The maximum absolute atomic E-state index is 12.2. The number of carboxylic acid groups (broad SMARTS) is 1. The first-order valence-electron chi connectivity index (χ1n) is 8.31. The molecule has 0 atom stereocenters. The van der Waals surface area contributed by atoms with Gasteiger partial charge in [0.25, 0.3) is 0 Å². The summed E-state index contributed by atoms with van der Waals surface area (Å²) in [5.41, 5.74) is 1.11. The molecule has 0 saturated carbocycles. The van der Waals surface area contributed by atoms with Crippen LogP contribution < -0.4 is 10.4 Å². The Balaban J connectivity index is 1.70. The summed E-state index contributed by atoms with van der Waals surface area (Å²) < 4.78 is 1.93. The lowest BCUT2D eigenvalue weighted by molar-refractivity contribution is -0.254. The topological polar surface area (TPSA) is 99.9 Å². The zero-order valence-corrected chi connectivity index (χ0v) is 15.4. The second kappa shape index (κ2) is 8.50. The molecule has 7 nitrogen and oxygen atoms in total. The average Bonchev–Trinajstić information content (AvgIpc) is 3.10. The number of hydrogen-bond donors (Lipinski definition) is 1. The van der Waals surface area contributed by atoms with E-state index in [2.05, 4.69) is 15.5 Å². The smallest absolute Gasteiger partial charge is 0.234 e. The first-order valence-corrected chi connectivity index (χ1v) is 9.30. The van der Waals surface area contributed by atoms with Crippen LogP contribution in [-0.4, -0.2) is 32.4 Å². The van der Waals surface area contributed by atoms with Crippen LogP contribution in [0.5, 0.6) is 0 Å². The molecule has 27 heavy (non-hydrogen) atoms. The van der Waals surface area contributed by atoms with Crippen molar-refractivity contribution < 1.29 is 14.7 Å². The predicted molar refractivity (Wildman–Crippen MR) is 101 cm³/mol. The van der Waals surface area contributed by atoms with Gasteiger partial charge >= 0.3 is 0 Å². The maximum atomic E-state index is 12.2. The molecule has 0 aliphatic carbocycles. The number of para-hydroxylation sites is 1. The van der Waals surface area contributed by atoms with Crippen molar-refractivity contribution in [3.63, 3.8) is 0 Å². The van der Waals surface area contributed by atoms with Crippen LogP contribution in [0, 0.1) is 0 Å². The van der Waals surface area contributed by atoms with Crippen molar-refractivity contribution in [1.29, 1.82) is 0 Å². The first-order chi connectivity index (χ1) is 13.1. The van der Waals surface area contributed by atoms with Crippen LogP contribution >= 0.6 is 11.8 Å². The van der Waals surface area contributed by atoms with E-state index in [4.69, 9.17) is 0 Å². The van der Waals surface area contributed by atoms with Crippen molar-refractivity contribution in [1.82, 2.24) is 14.8 Å². The number of carbonyl (C=O) groups excluding carboxylic acids is 2. The number of nitrogens with zero attached hydrogens (tertiary/aromatic N) is 3. The van der Waals surface area contributed by atoms with E-state index in [0.29, 0.717) is 11.7 Å². The third-order valence-electron chi connectivity index (χ3n) is 3.82. The van der Waals surface area contributed by atoms with Gasteiger partial charge in [-0.1, -0.05) is 60.3 Å². The Labute approximate surface area is 160 Å². The fourth-order valence-electron chi connectivity index (χ4n) is 2.57. The summed E-state index contributed by atoms with van der Waals surface area (Å²) >= 11 is 1.24. The van der Waals surface area contributed by atoms with Crippen LogP contribution in [0.3, 0.4) is 0 Å². The number of aromatic carboxylic acids is 1. The van der Waals surface area contributed by atoms with E-state index >= 15 is 0 Å². The van der Waals surface area contributed by atoms with Gasteiger partial charge in [-0.15, -0.1) is 10.2 Å². The van der Waals surface area contributed by atoms with E-state index in [1.54, 1.807) is 12.1 Å². The Bertz CT molecular complexity index is 957. The lowest BCUT2D eigenvalue weighted by Crippen LogP contribution is -2.25. The van der Waals surface area contributed by atoms with Gasteiger partial charge in [0.2, 0.25) is 5.91 Å². The average molecular weight is 381 g/mol. The van der Waals surface area contributed by atoms with E-state index in [-0.39, 0.29) is 22.9 Å². The van der Waals surface area contributed by atoms with Crippen LogP contribution in [0.25, 0.3) is 11.4 Å². The number of carboxylic acids is 1. The molecule has 1 aromatic heterocycles. The van der Waals surface area contributed by atoms with Crippen molar-refractivity contribution in [2.45, 2.75) is 18.6 Å². The van der Waals surface area contributed by atoms with E-state index in [1.165, 1.54) is 23.9 Å². The summed E-state index contributed by atoms with van der Waals surface area (Å²) in [5.74, 6) is -0.852. The number of nitrogens with one attached hydrogen (secondary N) is 1. The first kappa shape index (κ1) is 18.7. The number of anilines is 1. The molecule has 0 unspecified atom stereocenters. The molecule has 1 heterocycles. The largest absolute Gasteiger partial charge is 0.545 e. The van der Waals surface area contributed by atoms with Gasteiger partial charge in [-0.2, -0.15) is 0 Å². The van der Waals surface area contributed by atoms with Gasteiger partial charge in [-0.25, -0.2) is 0 Å². The second-order valence-corrected chi connectivity index (χ2v) is 6.53. The van der Waals surface area contributed by atoms with Gasteiger partial charge in [0.05, 0.1) is 11.7 Å². The molecule has 0 spiro atoms. The van der Waals surface area contributed by atoms with Gasteiger partial charge in [0, 0.05) is 23.4 Å². The summed E-state index contributed by atoms with van der Waals surface area (Å²) in [6.45, 7) is 2.64. The third kappa shape index (κ3) is 4.35. The minimum atomic E-state index is -1.34. The fraction of sp³-hybridized carbons (Fsp3) is 0.158. The number of rotatable bonds is 7. The van der Waals surface area contributed by atoms with Gasteiger partial charge in [0.1, 0.15) is 0 Å². The van der Waals surface area contributed by atoms with E-state index < -0.39 is 5.97 Å². The lowest BCUT2D eigenvalue weighted by Gasteiger charge is -2.11. The standard InChI is InChI=1S/C19H18N4O3S/c1-2-23-17(13-8-4-3-5-9-13)21-22-19(23)27-12-16(24)20-15-11-7-6-10-14(15)18(25)26/h3-11H,2,12H2,1H3,(H,20,24)(H,25,26)/p-1. The molecule has 3 aromatic rings. The molecule has 3 rings (SSSR count). The van der Waals surface area contributed by atoms with Crippen molar-refractivity contribution in [2.75, 3.05) is 11.1 Å². The molecule has 2 aromatic carbocycles. The number of hydrogen-bond acceptors (Lipinski definition) is 6. The van der Waals surface area contributed by atoms with Gasteiger partial charge < -0.3 is 19.8 Å². The minimum absolute atomic E-state index is 0.0565. The Kier molecular flexibility index (Phi) is 5.87. The van der Waals surface area contributed by atoms with Crippen LogP contribution in [-0.2, 0) is 11.3 Å². The highest BCUT2D eigenvalue weighted by Gasteiger charge is 2.15. The van der Waals surface area contributed by atoms with Crippen molar-refractivity contribution >= 4 is 29.3 Å². The SMILES string of the molecule is CCn1c(SCC(=O)Nc2ccccc2C(=O)[O-])nnc1-c1ccccc1. The molecule has 0 bridgehead atoms. The third-order valence-corrected chi connectivity index (χ3v) is 4.79. The maximum Gasteiger partial charge on any atom is 0.234 e. The molecule has 0 saturated heterocycles. The molecule has 0 aliphatic heterocycles. The van der Waals surface area contributed by atoms with Crippen LogP contribution in [0.15, 0.2) is 59.8 Å². The molecule has 1 amide bonds. The molecule has 0 fully saturated rings. The molecule has 8 heteroatoms. The molecule has 1 N–H and O–H groups in total. The predicted octanol–water partition coefficient (Wildman–Crippen LogP) is 2.06. The number of carbonyl (C=O) groups is 2. The van der Waals surface area contributed by atoms with Crippen LogP contribution in [0.1, 0.15) is 17.3 Å². The summed E-state index contributed by atoms with van der Waals surface area (Å²) in [7, 11) is 0. The highest BCUT2D eigenvalue weighted by atomic mass is 32.2. The zero-order chi connectivity index (χ0) is 19.2. The Morgan fingerprint density at radius 2 is 1.78 bits per heavy atom. The Morgan fingerprint density at radius 1 is 1.07 bits per heavy atom. The van der Waals surface area contributed by atoms with Gasteiger partial charge in [-0.05, 0) is 13.0 Å². The highest BCUT2D eigenvalue weighted by Crippen LogP contribution is 2.24. The monoisotopic (exact) mass is 381 g/mol. The van der Waals surface area contributed by atoms with Crippen LogP contribution in [0.4, 0.5) is 5.69 Å². The quantitative estimate of drug-likeness (QED) is 0.629. The van der Waals surface area contributed by atoms with Crippen LogP contribution in [0.2, 0.25) is 0 Å². The number of aromatic nitrogens is 3. The minimum Gasteiger partial charge on any atom is -0.545 e. The summed E-state index contributed by atoms with van der Waals surface area (Å²) in [6, 6.07) is 15.8. The van der Waals surface area contributed by atoms with Crippen molar-refractivity contribution in [2.24, 2.45) is 0 Å². The van der Waals surface area contributed by atoms with E-state index in [1.807, 2.05) is 41.8 Å². The van der Waals surface area contributed by atoms with Gasteiger partial charge in [0.15, 0.2) is 11.0 Å². The summed E-state index contributed by atoms with van der Waals surface area (Å²) in [6.07, 6.45) is 0. The molecular weight excluding hydrogens is 364 g/mol. The number of amides is 1. The summed E-state index contributed by atoms with van der Waals surface area (Å²) in [4.78, 5) is 23.3. The normalized spacial score (nSPS) is 10.6. The van der Waals surface area contributed by atoms with Gasteiger partial charge in [-0.3, -0.25) is 4.79 Å². The molecular formula is C19H17N4O3S-. The Hall–Kier alpha value is -3.13. The number of thioether (sulfide) groups is 1. The molecule has 0 radical (unpaired) electrons. The Morgan fingerprint density at radius 3 is 2.48 bits per heavy atom. The number of benzene rings is 2. The van der Waals surface area contributed by atoms with Crippen molar-refractivity contribution in [3.05, 3.63) is 60.2 Å². The zero-order valence-electron chi connectivity index (χ0n) is 14.6. The van der Waals surface area contributed by atoms with E-state index in [9.17, 15) is 14.7 Å². The van der Waals surface area contributed by atoms with E-state index in [0.717, 1.165) is 11.4 Å². The van der Waals surface area contributed by atoms with Crippen molar-refractivity contribution in [3.8, 4) is 11.4 Å². The lowest BCUT2D eigenvalue weighted by atomic mass is 10.2. The molecule has 138 valence electrons.